The maximum Gasteiger partial charge on any atom is 0.146 e. The number of hydrogen-bond acceptors (Lipinski definition) is 3. The second-order valence-corrected chi connectivity index (χ2v) is 4.07. The van der Waals surface area contributed by atoms with E-state index in [9.17, 15) is 4.39 Å². The predicted octanol–water partition coefficient (Wildman–Crippen LogP) is 3.04. The number of nitrogens with one attached hydrogen (secondary N) is 1. The van der Waals surface area contributed by atoms with Gasteiger partial charge in [-0.05, 0) is 37.2 Å². The fraction of sp³-hybridized carbons (Fsp3) is 0.214. The molecule has 0 amide bonds. The highest BCUT2D eigenvalue weighted by Gasteiger charge is 2.04. The highest BCUT2D eigenvalue weighted by atomic mass is 19.1. The molecule has 0 saturated heterocycles. The lowest BCUT2D eigenvalue weighted by atomic mass is 10.2. The van der Waals surface area contributed by atoms with Gasteiger partial charge in [0.2, 0.25) is 0 Å². The van der Waals surface area contributed by atoms with Gasteiger partial charge in [0, 0.05) is 18.8 Å². The molecular weight excluding hydrogens is 231 g/mol. The van der Waals surface area contributed by atoms with Crippen LogP contribution in [-0.4, -0.2) is 12.0 Å². The van der Waals surface area contributed by atoms with E-state index in [4.69, 9.17) is 4.74 Å². The van der Waals surface area contributed by atoms with Gasteiger partial charge >= 0.3 is 0 Å². The molecule has 2 aromatic rings. The molecule has 0 radical (unpaired) electrons. The Kier molecular flexibility index (Phi) is 3.89. The minimum absolute atomic E-state index is 0.310. The minimum atomic E-state index is -0.310. The first kappa shape index (κ1) is 12.5. The van der Waals surface area contributed by atoms with Crippen molar-refractivity contribution in [2.75, 3.05) is 7.05 Å². The number of hydrogen-bond donors (Lipinski definition) is 1. The molecule has 0 atom stereocenters. The van der Waals surface area contributed by atoms with Crippen LogP contribution in [0.5, 0.6) is 11.5 Å². The van der Waals surface area contributed by atoms with Crippen LogP contribution in [0.1, 0.15) is 11.1 Å². The summed E-state index contributed by atoms with van der Waals surface area (Å²) in [7, 11) is 1.87. The van der Waals surface area contributed by atoms with E-state index in [1.54, 1.807) is 18.5 Å². The maximum absolute atomic E-state index is 13.1. The maximum atomic E-state index is 13.1. The van der Waals surface area contributed by atoms with Crippen LogP contribution >= 0.6 is 0 Å². The van der Waals surface area contributed by atoms with Crippen LogP contribution < -0.4 is 10.1 Å². The number of aromatic nitrogens is 1. The van der Waals surface area contributed by atoms with Gasteiger partial charge in [0.15, 0.2) is 0 Å². The molecule has 18 heavy (non-hydrogen) atoms. The van der Waals surface area contributed by atoms with Crippen molar-refractivity contribution in [2.24, 2.45) is 0 Å². The van der Waals surface area contributed by atoms with E-state index < -0.39 is 0 Å². The third-order valence-electron chi connectivity index (χ3n) is 2.53. The Bertz CT molecular complexity index is 543. The molecule has 1 heterocycles. The lowest BCUT2D eigenvalue weighted by Gasteiger charge is -2.09. The quantitative estimate of drug-likeness (QED) is 0.900. The van der Waals surface area contributed by atoms with E-state index in [0.29, 0.717) is 18.0 Å². The first-order valence-electron chi connectivity index (χ1n) is 5.71. The third kappa shape index (κ3) is 3.05. The second kappa shape index (κ2) is 5.60. The topological polar surface area (TPSA) is 34.2 Å². The molecule has 94 valence electrons. The SMILES string of the molecule is CNCc1cncc(Oc2cc(F)ccc2C)c1. The summed E-state index contributed by atoms with van der Waals surface area (Å²) in [4.78, 5) is 4.09. The van der Waals surface area contributed by atoms with Crippen molar-refractivity contribution in [3.05, 3.63) is 53.6 Å². The van der Waals surface area contributed by atoms with Crippen molar-refractivity contribution < 1.29 is 9.13 Å². The summed E-state index contributed by atoms with van der Waals surface area (Å²) < 4.78 is 18.8. The zero-order valence-electron chi connectivity index (χ0n) is 10.4. The zero-order valence-corrected chi connectivity index (χ0v) is 10.4. The molecule has 0 fully saturated rings. The van der Waals surface area contributed by atoms with E-state index in [0.717, 1.165) is 11.1 Å². The smallest absolute Gasteiger partial charge is 0.146 e. The molecule has 0 spiro atoms. The van der Waals surface area contributed by atoms with Crippen LogP contribution in [0.25, 0.3) is 0 Å². The average Bonchev–Trinajstić information content (AvgIpc) is 2.35. The molecule has 0 unspecified atom stereocenters. The fourth-order valence-electron chi connectivity index (χ4n) is 1.63. The Balaban J connectivity index is 2.22. The van der Waals surface area contributed by atoms with Gasteiger partial charge < -0.3 is 10.1 Å². The van der Waals surface area contributed by atoms with Crippen molar-refractivity contribution in [1.82, 2.24) is 10.3 Å². The van der Waals surface area contributed by atoms with Crippen molar-refractivity contribution in [3.8, 4) is 11.5 Å². The molecule has 0 aliphatic carbocycles. The van der Waals surface area contributed by atoms with E-state index in [1.165, 1.54) is 12.1 Å². The molecular formula is C14H15FN2O. The standard InChI is InChI=1S/C14H15FN2O/c1-10-3-4-12(15)6-14(10)18-13-5-11(7-16-2)8-17-9-13/h3-6,8-9,16H,7H2,1-2H3. The molecule has 4 heteroatoms. The van der Waals surface area contributed by atoms with Gasteiger partial charge in [0.05, 0.1) is 6.20 Å². The van der Waals surface area contributed by atoms with Crippen molar-refractivity contribution >= 4 is 0 Å². The van der Waals surface area contributed by atoms with Gasteiger partial charge in [0.25, 0.3) is 0 Å². The molecule has 0 bridgehead atoms. The van der Waals surface area contributed by atoms with E-state index in [2.05, 4.69) is 10.3 Å². The lowest BCUT2D eigenvalue weighted by molar-refractivity contribution is 0.469. The van der Waals surface area contributed by atoms with Crippen LogP contribution in [0.3, 0.4) is 0 Å². The van der Waals surface area contributed by atoms with Gasteiger partial charge in [0.1, 0.15) is 17.3 Å². The van der Waals surface area contributed by atoms with Crippen LogP contribution in [-0.2, 0) is 6.54 Å². The van der Waals surface area contributed by atoms with Gasteiger partial charge in [-0.25, -0.2) is 4.39 Å². The van der Waals surface area contributed by atoms with Crippen molar-refractivity contribution in [2.45, 2.75) is 13.5 Å². The first-order valence-corrected chi connectivity index (χ1v) is 5.71. The van der Waals surface area contributed by atoms with Gasteiger partial charge in [-0.2, -0.15) is 0 Å². The van der Waals surface area contributed by atoms with Crippen LogP contribution in [0.15, 0.2) is 36.7 Å². The van der Waals surface area contributed by atoms with E-state index in [-0.39, 0.29) is 5.82 Å². The number of pyridine rings is 1. The molecule has 1 aromatic heterocycles. The summed E-state index contributed by atoms with van der Waals surface area (Å²) in [5, 5.41) is 3.04. The minimum Gasteiger partial charge on any atom is -0.455 e. The van der Waals surface area contributed by atoms with E-state index in [1.807, 2.05) is 20.0 Å². The molecule has 0 saturated carbocycles. The summed E-state index contributed by atoms with van der Waals surface area (Å²) in [5.41, 5.74) is 1.90. The summed E-state index contributed by atoms with van der Waals surface area (Å²) in [5.74, 6) is 0.810. The summed E-state index contributed by atoms with van der Waals surface area (Å²) in [6.45, 7) is 2.59. The Morgan fingerprint density at radius 1 is 1.28 bits per heavy atom. The molecule has 0 aliphatic rings. The molecule has 3 nitrogen and oxygen atoms in total. The molecule has 2 rings (SSSR count). The number of nitrogens with zero attached hydrogens (tertiary/aromatic N) is 1. The molecule has 1 N–H and O–H groups in total. The van der Waals surface area contributed by atoms with Crippen LogP contribution in [0.2, 0.25) is 0 Å². The molecule has 0 aliphatic heterocycles. The number of rotatable bonds is 4. The van der Waals surface area contributed by atoms with Crippen LogP contribution in [0, 0.1) is 12.7 Å². The lowest BCUT2D eigenvalue weighted by Crippen LogP contribution is -2.05. The third-order valence-corrected chi connectivity index (χ3v) is 2.53. The highest BCUT2D eigenvalue weighted by molar-refractivity contribution is 5.37. The highest BCUT2D eigenvalue weighted by Crippen LogP contribution is 2.25. The number of benzene rings is 1. The largest absolute Gasteiger partial charge is 0.455 e. The fourth-order valence-corrected chi connectivity index (χ4v) is 1.63. The second-order valence-electron chi connectivity index (χ2n) is 4.07. The van der Waals surface area contributed by atoms with Gasteiger partial charge in [-0.3, -0.25) is 4.98 Å². The summed E-state index contributed by atoms with van der Waals surface area (Å²) in [6.07, 6.45) is 3.38. The van der Waals surface area contributed by atoms with E-state index >= 15 is 0 Å². The predicted molar refractivity (Wildman–Crippen MR) is 68.2 cm³/mol. The Morgan fingerprint density at radius 3 is 2.89 bits per heavy atom. The summed E-state index contributed by atoms with van der Waals surface area (Å²) >= 11 is 0. The number of ether oxygens (including phenoxy) is 1. The van der Waals surface area contributed by atoms with Crippen molar-refractivity contribution in [3.63, 3.8) is 0 Å². The number of halogens is 1. The molecule has 1 aromatic carbocycles. The first-order chi connectivity index (χ1) is 8.69. The van der Waals surface area contributed by atoms with Crippen molar-refractivity contribution in [1.29, 1.82) is 0 Å². The Hall–Kier alpha value is -1.94. The average molecular weight is 246 g/mol. The Morgan fingerprint density at radius 2 is 2.11 bits per heavy atom. The summed E-state index contributed by atoms with van der Waals surface area (Å²) in [6, 6.07) is 6.36. The Labute approximate surface area is 106 Å². The van der Waals surface area contributed by atoms with Gasteiger partial charge in [-0.15, -0.1) is 0 Å². The normalized spacial score (nSPS) is 10.4. The number of aryl methyl sites for hydroxylation is 1. The zero-order chi connectivity index (χ0) is 13.0. The monoisotopic (exact) mass is 246 g/mol. The van der Waals surface area contributed by atoms with Gasteiger partial charge in [-0.1, -0.05) is 6.07 Å². The van der Waals surface area contributed by atoms with Crippen LogP contribution in [0.4, 0.5) is 4.39 Å².